The van der Waals surface area contributed by atoms with Crippen molar-refractivity contribution in [1.29, 1.82) is 0 Å². The highest BCUT2D eigenvalue weighted by Gasteiger charge is 2.23. The first-order chi connectivity index (χ1) is 10.7. The summed E-state index contributed by atoms with van der Waals surface area (Å²) in [5, 5.41) is 5.63. The van der Waals surface area contributed by atoms with Crippen molar-refractivity contribution in [3.63, 3.8) is 0 Å². The molecule has 22 heavy (non-hydrogen) atoms. The summed E-state index contributed by atoms with van der Waals surface area (Å²) >= 11 is 1.77. The number of pyridine rings is 1. The standard InChI is InChI=1S/C15H17BN3S.C2H2/c1-9-6-13(18-8-11-4-3-5-20-11)14-15(19-9)10(2)12(7-17)16-14;1-2/h3-6H,7-8,17H2,1-2H3,(H,18,19);1-2H. The number of fused-ring (bicyclic) bond motifs is 1. The number of anilines is 1. The predicted octanol–water partition coefficient (Wildman–Crippen LogP) is 2.35. The number of nitrogens with one attached hydrogen (secondary N) is 1. The molecule has 1 aliphatic heterocycles. The zero-order valence-electron chi connectivity index (χ0n) is 12.9. The molecule has 3 N–H and O–H groups in total. The van der Waals surface area contributed by atoms with Crippen molar-refractivity contribution in [3.05, 3.63) is 45.3 Å². The fraction of sp³-hybridized carbons (Fsp3) is 0.235. The largest absolute Gasteiger partial charge is 0.380 e. The van der Waals surface area contributed by atoms with Crippen molar-refractivity contribution in [2.75, 3.05) is 11.9 Å². The Hall–Kier alpha value is -2.03. The molecule has 0 aliphatic carbocycles. The number of terminal acetylenes is 1. The molecule has 0 aromatic carbocycles. The number of aryl methyl sites for hydroxylation is 1. The average Bonchev–Trinajstić information content (AvgIpc) is 3.16. The molecule has 1 radical (unpaired) electrons. The Morgan fingerprint density at radius 1 is 1.36 bits per heavy atom. The Kier molecular flexibility index (Phi) is 5.43. The lowest BCUT2D eigenvalue weighted by Crippen LogP contribution is -2.23. The lowest BCUT2D eigenvalue weighted by atomic mass is 9.66. The molecule has 111 valence electrons. The van der Waals surface area contributed by atoms with E-state index in [-0.39, 0.29) is 0 Å². The van der Waals surface area contributed by atoms with Crippen LogP contribution < -0.4 is 16.5 Å². The Labute approximate surface area is 136 Å². The first-order valence-corrected chi connectivity index (χ1v) is 7.93. The smallest absolute Gasteiger partial charge is 0.193 e. The molecular formula is C17H19BN3S. The minimum absolute atomic E-state index is 0.561. The zero-order chi connectivity index (χ0) is 16.1. The van der Waals surface area contributed by atoms with E-state index in [4.69, 9.17) is 5.73 Å². The van der Waals surface area contributed by atoms with E-state index in [1.807, 2.05) is 6.92 Å². The minimum Gasteiger partial charge on any atom is -0.380 e. The van der Waals surface area contributed by atoms with Crippen LogP contribution in [0.15, 0.2) is 29.1 Å². The van der Waals surface area contributed by atoms with Crippen LogP contribution in [0.4, 0.5) is 5.69 Å². The van der Waals surface area contributed by atoms with Crippen LogP contribution in [-0.2, 0) is 6.54 Å². The Balaban J connectivity index is 0.000000847. The van der Waals surface area contributed by atoms with Gasteiger partial charge in [-0.3, -0.25) is 4.98 Å². The minimum atomic E-state index is 0.561. The molecule has 0 saturated carbocycles. The summed E-state index contributed by atoms with van der Waals surface area (Å²) in [5.41, 5.74) is 12.6. The van der Waals surface area contributed by atoms with Gasteiger partial charge in [0.05, 0.1) is 5.69 Å². The van der Waals surface area contributed by atoms with Crippen LogP contribution in [0.1, 0.15) is 23.2 Å². The van der Waals surface area contributed by atoms with Crippen LogP contribution in [0, 0.1) is 19.8 Å². The molecule has 0 spiro atoms. The fourth-order valence-corrected chi connectivity index (χ4v) is 3.15. The zero-order valence-corrected chi connectivity index (χ0v) is 13.7. The molecule has 0 amide bonds. The number of rotatable bonds is 4. The van der Waals surface area contributed by atoms with Gasteiger partial charge in [0.1, 0.15) is 0 Å². The van der Waals surface area contributed by atoms with Crippen LogP contribution >= 0.6 is 11.3 Å². The van der Waals surface area contributed by atoms with Gasteiger partial charge < -0.3 is 11.1 Å². The summed E-state index contributed by atoms with van der Waals surface area (Å²) in [6.07, 6.45) is 8.00. The van der Waals surface area contributed by atoms with Gasteiger partial charge in [0.2, 0.25) is 0 Å². The topological polar surface area (TPSA) is 50.9 Å². The van der Waals surface area contributed by atoms with Crippen molar-refractivity contribution >= 4 is 35.3 Å². The Morgan fingerprint density at radius 3 is 2.77 bits per heavy atom. The third-order valence-electron chi connectivity index (χ3n) is 3.60. The number of hydrogen-bond acceptors (Lipinski definition) is 4. The summed E-state index contributed by atoms with van der Waals surface area (Å²) < 4.78 is 0. The molecule has 0 atom stereocenters. The second-order valence-corrected chi connectivity index (χ2v) is 6.04. The quantitative estimate of drug-likeness (QED) is 0.673. The van der Waals surface area contributed by atoms with Crippen molar-refractivity contribution in [2.24, 2.45) is 5.73 Å². The highest BCUT2D eigenvalue weighted by molar-refractivity contribution is 7.09. The summed E-state index contributed by atoms with van der Waals surface area (Å²) in [4.78, 5) is 5.99. The van der Waals surface area contributed by atoms with Crippen LogP contribution in [0.2, 0.25) is 0 Å². The summed E-state index contributed by atoms with van der Waals surface area (Å²) in [5.74, 6) is 0. The Morgan fingerprint density at radius 2 is 2.14 bits per heavy atom. The van der Waals surface area contributed by atoms with Crippen LogP contribution in [0.25, 0.3) is 5.57 Å². The van der Waals surface area contributed by atoms with Gasteiger partial charge in [-0.1, -0.05) is 11.5 Å². The number of allylic oxidation sites excluding steroid dienone is 1. The van der Waals surface area contributed by atoms with Crippen molar-refractivity contribution in [1.82, 2.24) is 4.98 Å². The maximum absolute atomic E-state index is 5.81. The van der Waals surface area contributed by atoms with Gasteiger partial charge in [0.25, 0.3) is 0 Å². The lowest BCUT2D eigenvalue weighted by Gasteiger charge is -2.12. The fourth-order valence-electron chi connectivity index (χ4n) is 2.50. The van der Waals surface area contributed by atoms with Crippen LogP contribution in [0.3, 0.4) is 0 Å². The number of hydrogen-bond donors (Lipinski definition) is 2. The predicted molar refractivity (Wildman–Crippen MR) is 97.5 cm³/mol. The van der Waals surface area contributed by atoms with E-state index in [0.29, 0.717) is 6.54 Å². The van der Waals surface area contributed by atoms with Crippen molar-refractivity contribution < 1.29 is 0 Å². The second kappa shape index (κ2) is 7.30. The van der Waals surface area contributed by atoms with E-state index in [1.165, 1.54) is 21.4 Å². The van der Waals surface area contributed by atoms with Crippen molar-refractivity contribution in [2.45, 2.75) is 20.4 Å². The van der Waals surface area contributed by atoms with E-state index in [1.54, 1.807) is 11.3 Å². The SMILES string of the molecule is C#C.CC1=C(CN)[B]c2c(NCc3cccs3)cc(C)nc21. The number of nitrogens with two attached hydrogens (primary N) is 1. The van der Waals surface area contributed by atoms with E-state index >= 15 is 0 Å². The van der Waals surface area contributed by atoms with Gasteiger partial charge in [0, 0.05) is 29.3 Å². The lowest BCUT2D eigenvalue weighted by molar-refractivity contribution is 1.14. The van der Waals surface area contributed by atoms with Gasteiger partial charge in [-0.25, -0.2) is 0 Å². The highest BCUT2D eigenvalue weighted by Crippen LogP contribution is 2.24. The summed E-state index contributed by atoms with van der Waals surface area (Å²) in [6.45, 7) is 5.54. The van der Waals surface area contributed by atoms with Gasteiger partial charge >= 0.3 is 0 Å². The van der Waals surface area contributed by atoms with E-state index in [9.17, 15) is 0 Å². The molecule has 5 heteroatoms. The van der Waals surface area contributed by atoms with E-state index in [2.05, 4.69) is 60.9 Å². The molecule has 3 heterocycles. The molecule has 0 fully saturated rings. The average molecular weight is 308 g/mol. The monoisotopic (exact) mass is 308 g/mol. The number of nitrogens with zero attached hydrogens (tertiary/aromatic N) is 1. The highest BCUT2D eigenvalue weighted by atomic mass is 32.1. The number of aromatic nitrogens is 1. The molecule has 2 aromatic rings. The maximum Gasteiger partial charge on any atom is 0.193 e. The van der Waals surface area contributed by atoms with Crippen LogP contribution in [-0.4, -0.2) is 18.8 Å². The maximum atomic E-state index is 5.81. The van der Waals surface area contributed by atoms with Crippen LogP contribution in [0.5, 0.6) is 0 Å². The molecular weight excluding hydrogens is 289 g/mol. The molecule has 3 nitrogen and oxygen atoms in total. The first kappa shape index (κ1) is 16.3. The van der Waals surface area contributed by atoms with Gasteiger partial charge in [-0.15, -0.1) is 24.2 Å². The number of thiophene rings is 1. The third-order valence-corrected chi connectivity index (χ3v) is 4.47. The molecule has 2 aromatic heterocycles. The normalized spacial score (nSPS) is 12.2. The van der Waals surface area contributed by atoms with E-state index < -0.39 is 0 Å². The third kappa shape index (κ3) is 3.24. The molecule has 0 saturated heterocycles. The van der Waals surface area contributed by atoms with Gasteiger partial charge in [0.15, 0.2) is 7.28 Å². The molecule has 0 unspecified atom stereocenters. The van der Waals surface area contributed by atoms with E-state index in [0.717, 1.165) is 23.6 Å². The summed E-state index contributed by atoms with van der Waals surface area (Å²) in [6, 6.07) is 6.33. The molecule has 0 bridgehead atoms. The molecule has 3 rings (SSSR count). The Bertz CT molecular complexity index is 702. The second-order valence-electron chi connectivity index (χ2n) is 5.01. The summed E-state index contributed by atoms with van der Waals surface area (Å²) in [7, 11) is 2.16. The molecule has 1 aliphatic rings. The van der Waals surface area contributed by atoms with Crippen molar-refractivity contribution in [3.8, 4) is 12.8 Å². The first-order valence-electron chi connectivity index (χ1n) is 7.05. The van der Waals surface area contributed by atoms with Gasteiger partial charge in [-0.2, -0.15) is 0 Å². The van der Waals surface area contributed by atoms with Gasteiger partial charge in [-0.05, 0) is 42.4 Å².